The third-order valence-electron chi connectivity index (χ3n) is 5.37. The zero-order chi connectivity index (χ0) is 25.1. The topological polar surface area (TPSA) is 110 Å². The van der Waals surface area contributed by atoms with E-state index in [-0.39, 0.29) is 42.9 Å². The lowest BCUT2D eigenvalue weighted by Gasteiger charge is -2.25. The zero-order valence-corrected chi connectivity index (χ0v) is 19.3. The molecule has 180 valence electrons. The predicted octanol–water partition coefficient (Wildman–Crippen LogP) is 3.52. The second-order valence-corrected chi connectivity index (χ2v) is 7.79. The van der Waals surface area contributed by atoms with E-state index in [2.05, 4.69) is 13.2 Å². The molecule has 0 saturated carbocycles. The van der Waals surface area contributed by atoms with Crippen molar-refractivity contribution < 1.29 is 24.7 Å². The molecule has 1 unspecified atom stereocenters. The molecule has 8 heteroatoms. The van der Waals surface area contributed by atoms with Crippen LogP contribution < -0.4 is 10.4 Å². The summed E-state index contributed by atoms with van der Waals surface area (Å²) in [7, 11) is 0. The van der Waals surface area contributed by atoms with Gasteiger partial charge in [-0.2, -0.15) is 0 Å². The maximum absolute atomic E-state index is 12.9. The van der Waals surface area contributed by atoms with Crippen LogP contribution in [0.2, 0.25) is 0 Å². The van der Waals surface area contributed by atoms with Gasteiger partial charge in [-0.05, 0) is 30.2 Å². The zero-order valence-electron chi connectivity index (χ0n) is 19.3. The van der Waals surface area contributed by atoms with Gasteiger partial charge in [0.2, 0.25) is 17.7 Å². The van der Waals surface area contributed by atoms with Crippen molar-refractivity contribution in [3.8, 4) is 5.75 Å². The van der Waals surface area contributed by atoms with Crippen LogP contribution in [0.5, 0.6) is 5.75 Å². The average molecular weight is 466 g/mol. The molecule has 0 bridgehead atoms. The molecule has 34 heavy (non-hydrogen) atoms. The van der Waals surface area contributed by atoms with Crippen molar-refractivity contribution in [2.45, 2.75) is 32.2 Å². The summed E-state index contributed by atoms with van der Waals surface area (Å²) in [6, 6.07) is 13.8. The van der Waals surface area contributed by atoms with E-state index < -0.39 is 5.91 Å². The quantitative estimate of drug-likeness (QED) is 0.252. The number of amides is 3. The number of phenols is 1. The smallest absolute Gasteiger partial charge is 0.243 e. The fraction of sp³-hybridized carbons (Fsp3) is 0.269. The van der Waals surface area contributed by atoms with Gasteiger partial charge in [-0.25, -0.2) is 5.48 Å². The van der Waals surface area contributed by atoms with E-state index in [1.54, 1.807) is 35.3 Å². The van der Waals surface area contributed by atoms with Gasteiger partial charge in [0.05, 0.1) is 18.2 Å². The van der Waals surface area contributed by atoms with E-state index in [1.807, 2.05) is 31.2 Å². The number of carbonyl (C=O) groups is 3. The van der Waals surface area contributed by atoms with E-state index in [4.69, 9.17) is 5.21 Å². The monoisotopic (exact) mass is 465 g/mol. The summed E-state index contributed by atoms with van der Waals surface area (Å²) in [6.07, 6.45) is 3.01. The van der Waals surface area contributed by atoms with Crippen LogP contribution in [0.15, 0.2) is 73.8 Å². The number of aromatic hydroxyl groups is 1. The molecule has 1 atom stereocenters. The van der Waals surface area contributed by atoms with E-state index in [1.165, 1.54) is 16.4 Å². The first kappa shape index (κ1) is 26.3. The molecule has 2 aromatic carbocycles. The van der Waals surface area contributed by atoms with E-state index in [9.17, 15) is 19.5 Å². The van der Waals surface area contributed by atoms with Crippen LogP contribution >= 0.6 is 0 Å². The number of carbonyl (C=O) groups excluding carboxylic acids is 3. The summed E-state index contributed by atoms with van der Waals surface area (Å²) in [5, 5.41) is 19.0. The molecule has 0 aromatic heterocycles. The lowest BCUT2D eigenvalue weighted by atomic mass is 9.98. The number of para-hydroxylation sites is 2. The van der Waals surface area contributed by atoms with Crippen LogP contribution in [0.25, 0.3) is 0 Å². The van der Waals surface area contributed by atoms with Crippen molar-refractivity contribution in [3.05, 3.63) is 85.0 Å². The average Bonchev–Trinajstić information content (AvgIpc) is 2.85. The number of benzene rings is 2. The fourth-order valence-corrected chi connectivity index (χ4v) is 3.49. The van der Waals surface area contributed by atoms with Crippen LogP contribution in [-0.2, 0) is 20.9 Å². The molecule has 8 nitrogen and oxygen atoms in total. The molecule has 2 aromatic rings. The van der Waals surface area contributed by atoms with Crippen molar-refractivity contribution >= 4 is 23.4 Å². The van der Waals surface area contributed by atoms with Crippen molar-refractivity contribution in [3.63, 3.8) is 0 Å². The maximum Gasteiger partial charge on any atom is 0.243 e. The Hall–Kier alpha value is -3.91. The Morgan fingerprint density at radius 2 is 1.62 bits per heavy atom. The first-order valence-corrected chi connectivity index (χ1v) is 10.9. The minimum atomic E-state index is -0.671. The molecule has 0 spiro atoms. The van der Waals surface area contributed by atoms with Gasteiger partial charge in [-0.15, -0.1) is 13.2 Å². The SMILES string of the molecule is C=CCN(CC=C)C(=O)C(C)c1ccc(CN(C(=O)CCC(=O)NO)c2ccccc2O)cc1. The van der Waals surface area contributed by atoms with Crippen molar-refractivity contribution in [2.75, 3.05) is 18.0 Å². The summed E-state index contributed by atoms with van der Waals surface area (Å²) in [4.78, 5) is 40.1. The molecule has 0 aliphatic carbocycles. The first-order chi connectivity index (χ1) is 16.3. The highest BCUT2D eigenvalue weighted by Crippen LogP contribution is 2.29. The molecule has 0 radical (unpaired) electrons. The molecule has 2 rings (SSSR count). The number of hydrogen-bond acceptors (Lipinski definition) is 5. The largest absolute Gasteiger partial charge is 0.506 e. The highest BCUT2D eigenvalue weighted by atomic mass is 16.5. The Bertz CT molecular complexity index is 1010. The number of nitrogens with zero attached hydrogens (tertiary/aromatic N) is 2. The fourth-order valence-electron chi connectivity index (χ4n) is 3.49. The van der Waals surface area contributed by atoms with Crippen molar-refractivity contribution in [1.82, 2.24) is 10.4 Å². The number of hydroxylamine groups is 1. The van der Waals surface area contributed by atoms with Gasteiger partial charge in [0.25, 0.3) is 0 Å². The number of phenolic OH excluding ortho intramolecular Hbond substituents is 1. The highest BCUT2D eigenvalue weighted by molar-refractivity contribution is 5.96. The molecule has 3 amide bonds. The third-order valence-corrected chi connectivity index (χ3v) is 5.37. The summed E-state index contributed by atoms with van der Waals surface area (Å²) in [5.74, 6) is -1.54. The molecule has 3 N–H and O–H groups in total. The van der Waals surface area contributed by atoms with Crippen molar-refractivity contribution in [2.24, 2.45) is 0 Å². The van der Waals surface area contributed by atoms with Gasteiger partial charge in [0.15, 0.2) is 0 Å². The minimum Gasteiger partial charge on any atom is -0.506 e. The minimum absolute atomic E-state index is 0.0410. The second-order valence-electron chi connectivity index (χ2n) is 7.79. The molecular formula is C26H31N3O5. The maximum atomic E-state index is 12.9. The molecule has 0 aliphatic rings. The third kappa shape index (κ3) is 7.05. The number of rotatable bonds is 12. The summed E-state index contributed by atoms with van der Waals surface area (Å²) >= 11 is 0. The van der Waals surface area contributed by atoms with Crippen molar-refractivity contribution in [1.29, 1.82) is 0 Å². The number of nitrogens with one attached hydrogen (secondary N) is 1. The van der Waals surface area contributed by atoms with Gasteiger partial charge in [0, 0.05) is 25.9 Å². The van der Waals surface area contributed by atoms with Crippen LogP contribution in [0.3, 0.4) is 0 Å². The van der Waals surface area contributed by atoms with Crippen LogP contribution in [0.1, 0.15) is 36.8 Å². The lowest BCUT2D eigenvalue weighted by Crippen LogP contribution is -2.34. The Kier molecular flexibility index (Phi) is 10.0. The van der Waals surface area contributed by atoms with Gasteiger partial charge < -0.3 is 14.9 Å². The number of anilines is 1. The van der Waals surface area contributed by atoms with Crippen LogP contribution in [0, 0.1) is 0 Å². The number of hydrogen-bond donors (Lipinski definition) is 3. The van der Waals surface area contributed by atoms with Crippen LogP contribution in [-0.4, -0.2) is 46.0 Å². The summed E-state index contributed by atoms with van der Waals surface area (Å²) in [5.41, 5.74) is 3.43. The second kappa shape index (κ2) is 13.0. The molecule has 0 saturated heterocycles. The Labute approximate surface area is 199 Å². The Morgan fingerprint density at radius 1 is 1.00 bits per heavy atom. The summed E-state index contributed by atoms with van der Waals surface area (Å²) < 4.78 is 0. The normalized spacial score (nSPS) is 11.2. The van der Waals surface area contributed by atoms with Gasteiger partial charge in [0.1, 0.15) is 5.75 Å². The predicted molar refractivity (Wildman–Crippen MR) is 130 cm³/mol. The van der Waals surface area contributed by atoms with Crippen LogP contribution in [0.4, 0.5) is 5.69 Å². The van der Waals surface area contributed by atoms with E-state index in [0.29, 0.717) is 18.8 Å². The molecule has 0 heterocycles. The standard InChI is InChI=1S/C26H31N3O5/c1-4-16-28(17-5-2)26(33)19(3)21-12-10-20(11-13-21)18-29(22-8-6-7-9-23(22)30)25(32)15-14-24(31)27-34/h4-13,19,30,34H,1-2,14-18H2,3H3,(H,27,31). The molecular weight excluding hydrogens is 434 g/mol. The molecule has 0 fully saturated rings. The van der Waals surface area contributed by atoms with Gasteiger partial charge in [-0.3, -0.25) is 19.6 Å². The van der Waals surface area contributed by atoms with Gasteiger partial charge >= 0.3 is 0 Å². The highest BCUT2D eigenvalue weighted by Gasteiger charge is 2.22. The van der Waals surface area contributed by atoms with Gasteiger partial charge in [-0.1, -0.05) is 48.6 Å². The lowest BCUT2D eigenvalue weighted by molar-refractivity contribution is -0.131. The Morgan fingerprint density at radius 3 is 2.18 bits per heavy atom. The summed E-state index contributed by atoms with van der Waals surface area (Å²) in [6.45, 7) is 10.2. The Balaban J connectivity index is 2.22. The first-order valence-electron chi connectivity index (χ1n) is 10.9. The molecule has 0 aliphatic heterocycles. The van der Waals surface area contributed by atoms with E-state index in [0.717, 1.165) is 11.1 Å². The van der Waals surface area contributed by atoms with E-state index >= 15 is 0 Å².